The summed E-state index contributed by atoms with van der Waals surface area (Å²) in [5, 5.41) is 6.04. The highest BCUT2D eigenvalue weighted by Gasteiger charge is 2.10. The van der Waals surface area contributed by atoms with E-state index in [1.807, 2.05) is 49.4 Å². The maximum absolute atomic E-state index is 12.4. The molecule has 2 aromatic carbocycles. The van der Waals surface area contributed by atoms with Crippen LogP contribution in [0.5, 0.6) is 0 Å². The summed E-state index contributed by atoms with van der Waals surface area (Å²) in [5.74, 6) is 0.205. The lowest BCUT2D eigenvalue weighted by Gasteiger charge is -2.09. The number of rotatable bonds is 6. The highest BCUT2D eigenvalue weighted by atomic mass is 16.1. The first kappa shape index (κ1) is 16.6. The Kier molecular flexibility index (Phi) is 5.36. The molecule has 2 N–H and O–H groups in total. The molecule has 1 amide bonds. The van der Waals surface area contributed by atoms with Gasteiger partial charge in [-0.15, -0.1) is 0 Å². The van der Waals surface area contributed by atoms with Gasteiger partial charge in [-0.25, -0.2) is 9.97 Å². The lowest BCUT2D eigenvalue weighted by molar-refractivity contribution is 0.102. The van der Waals surface area contributed by atoms with Gasteiger partial charge in [0, 0.05) is 18.4 Å². The highest BCUT2D eigenvalue weighted by molar-refractivity contribution is 6.03. The van der Waals surface area contributed by atoms with Crippen molar-refractivity contribution in [1.29, 1.82) is 0 Å². The standard InChI is InChI=1S/C20H20N4O/c1-15-7-5-6-10-17(15)23-19(25)18-12-14-22-20(24-18)21-13-11-16-8-3-2-4-9-16/h2-10,12,14H,11,13H2,1H3,(H,23,25)(H,21,22,24). The van der Waals surface area contributed by atoms with Gasteiger partial charge in [0.15, 0.2) is 0 Å². The molecule has 0 saturated carbocycles. The molecule has 1 aromatic heterocycles. The summed E-state index contributed by atoms with van der Waals surface area (Å²) in [6.07, 6.45) is 2.45. The third-order valence-corrected chi connectivity index (χ3v) is 3.82. The Morgan fingerprint density at radius 1 is 1.00 bits per heavy atom. The number of benzene rings is 2. The smallest absolute Gasteiger partial charge is 0.274 e. The quantitative estimate of drug-likeness (QED) is 0.722. The van der Waals surface area contributed by atoms with Crippen LogP contribution in [0, 0.1) is 6.92 Å². The molecule has 0 atom stereocenters. The van der Waals surface area contributed by atoms with Crippen molar-refractivity contribution in [3.63, 3.8) is 0 Å². The van der Waals surface area contributed by atoms with Crippen molar-refractivity contribution in [2.24, 2.45) is 0 Å². The summed E-state index contributed by atoms with van der Waals surface area (Å²) in [6, 6.07) is 19.4. The Labute approximate surface area is 147 Å². The van der Waals surface area contributed by atoms with E-state index in [2.05, 4.69) is 32.7 Å². The minimum Gasteiger partial charge on any atom is -0.354 e. The Bertz CT molecular complexity index is 849. The van der Waals surface area contributed by atoms with Gasteiger partial charge in [-0.3, -0.25) is 4.79 Å². The van der Waals surface area contributed by atoms with E-state index in [0.717, 1.165) is 17.7 Å². The molecule has 0 radical (unpaired) electrons. The van der Waals surface area contributed by atoms with Crippen molar-refractivity contribution in [3.05, 3.63) is 83.7 Å². The molecule has 3 rings (SSSR count). The number of carbonyl (C=O) groups excluding carboxylic acids is 1. The fraction of sp³-hybridized carbons (Fsp3) is 0.150. The zero-order chi connectivity index (χ0) is 17.5. The number of anilines is 2. The maximum atomic E-state index is 12.4. The molecule has 1 heterocycles. The molecule has 0 bridgehead atoms. The van der Waals surface area contributed by atoms with Gasteiger partial charge in [0.2, 0.25) is 5.95 Å². The van der Waals surface area contributed by atoms with Crippen LogP contribution in [0.25, 0.3) is 0 Å². The van der Waals surface area contributed by atoms with Gasteiger partial charge in [0.25, 0.3) is 5.91 Å². The predicted molar refractivity (Wildman–Crippen MR) is 99.8 cm³/mol. The molecule has 25 heavy (non-hydrogen) atoms. The van der Waals surface area contributed by atoms with Crippen LogP contribution in [0.4, 0.5) is 11.6 Å². The molecular weight excluding hydrogens is 312 g/mol. The zero-order valence-corrected chi connectivity index (χ0v) is 14.1. The van der Waals surface area contributed by atoms with Crippen molar-refractivity contribution in [1.82, 2.24) is 9.97 Å². The Morgan fingerprint density at radius 3 is 2.56 bits per heavy atom. The second-order valence-corrected chi connectivity index (χ2v) is 5.70. The van der Waals surface area contributed by atoms with Crippen LogP contribution in [0.3, 0.4) is 0 Å². The molecule has 0 saturated heterocycles. The van der Waals surface area contributed by atoms with E-state index in [0.29, 0.717) is 18.2 Å². The molecule has 3 aromatic rings. The van der Waals surface area contributed by atoms with E-state index in [1.54, 1.807) is 12.3 Å². The van der Waals surface area contributed by atoms with Gasteiger partial charge in [0.1, 0.15) is 5.69 Å². The molecule has 0 aliphatic carbocycles. The van der Waals surface area contributed by atoms with Crippen molar-refractivity contribution < 1.29 is 4.79 Å². The van der Waals surface area contributed by atoms with Gasteiger partial charge in [0.05, 0.1) is 0 Å². The maximum Gasteiger partial charge on any atom is 0.274 e. The topological polar surface area (TPSA) is 66.9 Å². The first-order valence-electron chi connectivity index (χ1n) is 8.20. The fourth-order valence-corrected chi connectivity index (χ4v) is 2.43. The SMILES string of the molecule is Cc1ccccc1NC(=O)c1ccnc(NCCc2ccccc2)n1. The number of hydrogen-bond donors (Lipinski definition) is 2. The summed E-state index contributed by atoms with van der Waals surface area (Å²) in [5.41, 5.74) is 3.36. The molecule has 0 fully saturated rings. The molecule has 5 nitrogen and oxygen atoms in total. The first-order chi connectivity index (χ1) is 12.2. The van der Waals surface area contributed by atoms with Crippen molar-refractivity contribution in [2.45, 2.75) is 13.3 Å². The van der Waals surface area contributed by atoms with Crippen LogP contribution >= 0.6 is 0 Å². The molecule has 0 aliphatic rings. The number of aromatic nitrogens is 2. The van der Waals surface area contributed by atoms with Gasteiger partial charge in [-0.1, -0.05) is 48.5 Å². The largest absolute Gasteiger partial charge is 0.354 e. The van der Waals surface area contributed by atoms with E-state index in [-0.39, 0.29) is 5.91 Å². The number of amides is 1. The summed E-state index contributed by atoms with van der Waals surface area (Å²) in [4.78, 5) is 20.9. The van der Waals surface area contributed by atoms with Crippen molar-refractivity contribution >= 4 is 17.5 Å². The molecule has 5 heteroatoms. The van der Waals surface area contributed by atoms with Crippen LogP contribution in [0.15, 0.2) is 66.9 Å². The average molecular weight is 332 g/mol. The molecule has 126 valence electrons. The third-order valence-electron chi connectivity index (χ3n) is 3.82. The Morgan fingerprint density at radius 2 is 1.76 bits per heavy atom. The molecule has 0 unspecified atom stereocenters. The molecular formula is C20H20N4O. The van der Waals surface area contributed by atoms with Gasteiger partial charge in [-0.2, -0.15) is 0 Å². The van der Waals surface area contributed by atoms with E-state index in [4.69, 9.17) is 0 Å². The lowest BCUT2D eigenvalue weighted by Crippen LogP contribution is -2.16. The van der Waals surface area contributed by atoms with Gasteiger partial charge in [-0.05, 0) is 36.6 Å². The highest BCUT2D eigenvalue weighted by Crippen LogP contribution is 2.14. The van der Waals surface area contributed by atoms with Crippen LogP contribution in [0.2, 0.25) is 0 Å². The molecule has 0 spiro atoms. The van der Waals surface area contributed by atoms with E-state index < -0.39 is 0 Å². The van der Waals surface area contributed by atoms with Crippen molar-refractivity contribution in [2.75, 3.05) is 17.2 Å². The van der Waals surface area contributed by atoms with Gasteiger partial charge < -0.3 is 10.6 Å². The summed E-state index contributed by atoms with van der Waals surface area (Å²) in [6.45, 7) is 2.65. The number of carbonyl (C=O) groups is 1. The second-order valence-electron chi connectivity index (χ2n) is 5.70. The number of nitrogens with one attached hydrogen (secondary N) is 2. The minimum atomic E-state index is -0.247. The number of aryl methyl sites for hydroxylation is 1. The monoisotopic (exact) mass is 332 g/mol. The zero-order valence-electron chi connectivity index (χ0n) is 14.1. The van der Waals surface area contributed by atoms with E-state index >= 15 is 0 Å². The van der Waals surface area contributed by atoms with Crippen LogP contribution in [-0.2, 0) is 6.42 Å². The van der Waals surface area contributed by atoms with Crippen LogP contribution in [0.1, 0.15) is 21.6 Å². The summed E-state index contributed by atoms with van der Waals surface area (Å²) >= 11 is 0. The predicted octanol–water partition coefficient (Wildman–Crippen LogP) is 3.69. The fourth-order valence-electron chi connectivity index (χ4n) is 2.43. The average Bonchev–Trinajstić information content (AvgIpc) is 2.65. The van der Waals surface area contributed by atoms with Crippen molar-refractivity contribution in [3.8, 4) is 0 Å². The summed E-state index contributed by atoms with van der Waals surface area (Å²) in [7, 11) is 0. The second kappa shape index (κ2) is 8.06. The Hall–Kier alpha value is -3.21. The minimum absolute atomic E-state index is 0.247. The number of nitrogens with zero attached hydrogens (tertiary/aromatic N) is 2. The number of hydrogen-bond acceptors (Lipinski definition) is 4. The summed E-state index contributed by atoms with van der Waals surface area (Å²) < 4.78 is 0. The van der Waals surface area contributed by atoms with Crippen LogP contribution < -0.4 is 10.6 Å². The van der Waals surface area contributed by atoms with Crippen LogP contribution in [-0.4, -0.2) is 22.4 Å². The Balaban J connectivity index is 1.61. The third kappa shape index (κ3) is 4.64. The lowest BCUT2D eigenvalue weighted by atomic mass is 10.1. The first-order valence-corrected chi connectivity index (χ1v) is 8.20. The van der Waals surface area contributed by atoms with Gasteiger partial charge >= 0.3 is 0 Å². The molecule has 0 aliphatic heterocycles. The van der Waals surface area contributed by atoms with E-state index in [1.165, 1.54) is 5.56 Å². The number of para-hydroxylation sites is 1. The normalized spacial score (nSPS) is 10.3. The van der Waals surface area contributed by atoms with E-state index in [9.17, 15) is 4.79 Å².